The first-order valence-electron chi connectivity index (χ1n) is 9.23. The van der Waals surface area contributed by atoms with Crippen molar-refractivity contribution in [3.63, 3.8) is 0 Å². The molecule has 13 heteroatoms. The quantitative estimate of drug-likeness (QED) is 0.321. The number of urea groups is 1. The van der Waals surface area contributed by atoms with Crippen LogP contribution in [0.25, 0.3) is 0 Å². The van der Waals surface area contributed by atoms with Gasteiger partial charge in [-0.2, -0.15) is 13.5 Å². The number of hydroxylamine groups is 2. The SMILES string of the molecule is NC1CCCC1C(=O)NNC(=O)[C@@H]1CC2(CC2)[C@H]2CN1C(=O)N2OS(=O)(=O)O. The Kier molecular flexibility index (Phi) is 4.52. The monoisotopic (exact) mass is 417 g/mol. The van der Waals surface area contributed by atoms with Crippen LogP contribution in [0.5, 0.6) is 0 Å². The average molecular weight is 417 g/mol. The van der Waals surface area contributed by atoms with Crippen molar-refractivity contribution >= 4 is 28.2 Å². The maximum atomic E-state index is 12.7. The molecule has 2 saturated heterocycles. The molecule has 0 radical (unpaired) electrons. The fraction of sp³-hybridized carbons (Fsp3) is 0.800. The summed E-state index contributed by atoms with van der Waals surface area (Å²) in [7, 11) is -4.87. The summed E-state index contributed by atoms with van der Waals surface area (Å²) in [4.78, 5) is 38.6. The van der Waals surface area contributed by atoms with Crippen molar-refractivity contribution in [1.29, 1.82) is 0 Å². The Bertz CT molecular complexity index is 814. The van der Waals surface area contributed by atoms with E-state index in [2.05, 4.69) is 15.1 Å². The maximum Gasteiger partial charge on any atom is 0.418 e. The second-order valence-corrected chi connectivity index (χ2v) is 9.05. The van der Waals surface area contributed by atoms with Crippen LogP contribution < -0.4 is 16.6 Å². The van der Waals surface area contributed by atoms with Crippen molar-refractivity contribution in [3.8, 4) is 0 Å². The molecule has 0 aromatic carbocycles. The second kappa shape index (κ2) is 6.54. The topological polar surface area (TPSA) is 171 Å². The Morgan fingerprint density at radius 2 is 1.89 bits per heavy atom. The third-order valence-electron chi connectivity index (χ3n) is 6.35. The zero-order valence-corrected chi connectivity index (χ0v) is 15.9. The molecule has 4 rings (SSSR count). The Morgan fingerprint density at radius 1 is 1.21 bits per heavy atom. The molecule has 4 amide bonds. The summed E-state index contributed by atoms with van der Waals surface area (Å²) >= 11 is 0. The van der Waals surface area contributed by atoms with Crippen LogP contribution in [0.3, 0.4) is 0 Å². The summed E-state index contributed by atoms with van der Waals surface area (Å²) < 4.78 is 35.6. The van der Waals surface area contributed by atoms with Crippen molar-refractivity contribution < 1.29 is 31.6 Å². The highest BCUT2D eigenvalue weighted by Crippen LogP contribution is 2.59. The molecule has 4 aliphatic rings. The average Bonchev–Trinajstić information content (AvgIpc) is 3.16. The van der Waals surface area contributed by atoms with Gasteiger partial charge in [0.05, 0.1) is 12.0 Å². The molecule has 2 unspecified atom stereocenters. The summed E-state index contributed by atoms with van der Waals surface area (Å²) in [6.45, 7) is 0.105. The van der Waals surface area contributed by atoms with Gasteiger partial charge in [-0.1, -0.05) is 6.42 Å². The Labute approximate surface area is 161 Å². The van der Waals surface area contributed by atoms with Crippen LogP contribution in [0.15, 0.2) is 0 Å². The van der Waals surface area contributed by atoms with Crippen molar-refractivity contribution in [2.75, 3.05) is 6.54 Å². The van der Waals surface area contributed by atoms with Crippen LogP contribution in [0.4, 0.5) is 4.79 Å². The van der Waals surface area contributed by atoms with Crippen LogP contribution in [0.2, 0.25) is 0 Å². The molecule has 156 valence electrons. The Balaban J connectivity index is 1.43. The molecule has 2 aliphatic carbocycles. The normalized spacial score (nSPS) is 33.3. The number of nitrogens with zero attached hydrogens (tertiary/aromatic N) is 2. The largest absolute Gasteiger partial charge is 0.418 e. The molecule has 2 aliphatic heterocycles. The number of amides is 4. The van der Waals surface area contributed by atoms with Gasteiger partial charge in [0.15, 0.2) is 0 Å². The van der Waals surface area contributed by atoms with Gasteiger partial charge < -0.3 is 10.6 Å². The first-order valence-corrected chi connectivity index (χ1v) is 10.6. The van der Waals surface area contributed by atoms with Gasteiger partial charge in [0.25, 0.3) is 5.91 Å². The molecule has 4 atom stereocenters. The van der Waals surface area contributed by atoms with Crippen molar-refractivity contribution in [3.05, 3.63) is 0 Å². The minimum absolute atomic E-state index is 0.105. The summed E-state index contributed by atoms with van der Waals surface area (Å²) in [5, 5.41) is 0.645. The Morgan fingerprint density at radius 3 is 2.46 bits per heavy atom. The maximum absolute atomic E-state index is 12.7. The van der Waals surface area contributed by atoms with E-state index < -0.39 is 39.8 Å². The van der Waals surface area contributed by atoms with E-state index in [0.717, 1.165) is 12.8 Å². The highest BCUT2D eigenvalue weighted by molar-refractivity contribution is 7.80. The third kappa shape index (κ3) is 3.32. The lowest BCUT2D eigenvalue weighted by atomic mass is 9.85. The summed E-state index contributed by atoms with van der Waals surface area (Å²) in [6, 6.07) is -2.49. The summed E-state index contributed by atoms with van der Waals surface area (Å²) in [5.74, 6) is -1.29. The van der Waals surface area contributed by atoms with Crippen LogP contribution in [-0.2, 0) is 24.3 Å². The molecule has 5 N–H and O–H groups in total. The number of fused-ring (bicyclic) bond motifs is 3. The number of rotatable bonds is 4. The van der Waals surface area contributed by atoms with E-state index in [1.807, 2.05) is 0 Å². The van der Waals surface area contributed by atoms with Crippen LogP contribution >= 0.6 is 0 Å². The van der Waals surface area contributed by atoms with E-state index in [9.17, 15) is 22.8 Å². The van der Waals surface area contributed by atoms with Crippen molar-refractivity contribution in [1.82, 2.24) is 20.8 Å². The number of carbonyl (C=O) groups excluding carboxylic acids is 3. The minimum atomic E-state index is -4.87. The molecule has 0 aromatic rings. The lowest BCUT2D eigenvalue weighted by Gasteiger charge is -2.35. The van der Waals surface area contributed by atoms with E-state index in [4.69, 9.17) is 10.3 Å². The standard InChI is InChI=1S/C15H23N5O7S/c16-9-3-1-2-8(9)12(21)17-18-13(22)10-6-15(4-5-15)11-7-19(10)14(23)20(11)27-28(24,25)26/h8-11H,1-7,16H2,(H,17,21)(H,18,22)(H,24,25,26)/t8?,9?,10-,11+/m0/s1. The Hall–Kier alpha value is -1.96. The van der Waals surface area contributed by atoms with E-state index in [-0.39, 0.29) is 24.4 Å². The zero-order valence-electron chi connectivity index (χ0n) is 15.0. The summed E-state index contributed by atoms with van der Waals surface area (Å²) in [5.41, 5.74) is 10.2. The predicted octanol–water partition coefficient (Wildman–Crippen LogP) is -1.35. The molecular weight excluding hydrogens is 394 g/mol. The van der Waals surface area contributed by atoms with E-state index in [1.54, 1.807) is 0 Å². The molecule has 1 spiro atoms. The van der Waals surface area contributed by atoms with Crippen LogP contribution in [0.1, 0.15) is 38.5 Å². The first kappa shape index (κ1) is 19.4. The van der Waals surface area contributed by atoms with Crippen molar-refractivity contribution in [2.24, 2.45) is 17.1 Å². The fourth-order valence-corrected chi connectivity index (χ4v) is 5.03. The predicted molar refractivity (Wildman–Crippen MR) is 92.0 cm³/mol. The first-order chi connectivity index (χ1) is 13.1. The van der Waals surface area contributed by atoms with Gasteiger partial charge in [0.1, 0.15) is 6.04 Å². The van der Waals surface area contributed by atoms with Gasteiger partial charge >= 0.3 is 16.4 Å². The number of nitrogens with two attached hydrogens (primary N) is 1. The van der Waals surface area contributed by atoms with E-state index in [0.29, 0.717) is 30.7 Å². The van der Waals surface area contributed by atoms with Crippen molar-refractivity contribution in [2.45, 2.75) is 56.7 Å². The number of hydrogen-bond acceptors (Lipinski definition) is 7. The van der Waals surface area contributed by atoms with Gasteiger partial charge in [0.2, 0.25) is 5.91 Å². The van der Waals surface area contributed by atoms with Gasteiger partial charge in [-0.3, -0.25) is 25.0 Å². The molecule has 28 heavy (non-hydrogen) atoms. The molecular formula is C15H23N5O7S. The highest BCUT2D eigenvalue weighted by atomic mass is 32.3. The molecule has 2 bridgehead atoms. The molecule has 0 aromatic heterocycles. The number of hydrogen-bond donors (Lipinski definition) is 4. The third-order valence-corrected chi connectivity index (χ3v) is 6.70. The number of carbonyl (C=O) groups is 3. The lowest BCUT2D eigenvalue weighted by molar-refractivity contribution is -0.134. The van der Waals surface area contributed by atoms with Gasteiger partial charge in [-0.15, -0.1) is 4.28 Å². The number of piperidine rings is 1. The molecule has 2 saturated carbocycles. The smallest absolute Gasteiger partial charge is 0.327 e. The number of nitrogens with one attached hydrogen (secondary N) is 2. The van der Waals surface area contributed by atoms with E-state index in [1.165, 1.54) is 4.90 Å². The fourth-order valence-electron chi connectivity index (χ4n) is 4.66. The van der Waals surface area contributed by atoms with Crippen LogP contribution in [-0.4, -0.2) is 65.4 Å². The van der Waals surface area contributed by atoms with E-state index >= 15 is 0 Å². The molecule has 2 heterocycles. The minimum Gasteiger partial charge on any atom is -0.327 e. The number of hydrazine groups is 1. The summed E-state index contributed by atoms with van der Waals surface area (Å²) in [6.07, 6.45) is 3.99. The van der Waals surface area contributed by atoms with Gasteiger partial charge in [-0.25, -0.2) is 4.79 Å². The van der Waals surface area contributed by atoms with Crippen LogP contribution in [0, 0.1) is 11.3 Å². The van der Waals surface area contributed by atoms with Gasteiger partial charge in [0, 0.05) is 12.6 Å². The lowest BCUT2D eigenvalue weighted by Crippen LogP contribution is -2.57. The highest BCUT2D eigenvalue weighted by Gasteiger charge is 2.65. The van der Waals surface area contributed by atoms with Gasteiger partial charge in [-0.05, 0) is 37.5 Å². The molecule has 4 fully saturated rings. The molecule has 12 nitrogen and oxygen atoms in total. The second-order valence-electron chi connectivity index (χ2n) is 8.04. The zero-order chi connectivity index (χ0) is 20.3.